The van der Waals surface area contributed by atoms with Gasteiger partial charge in [-0.1, -0.05) is 20.8 Å². The van der Waals surface area contributed by atoms with Crippen molar-refractivity contribution in [3.05, 3.63) is 11.3 Å². The highest BCUT2D eigenvalue weighted by atomic mass is 16.5. The van der Waals surface area contributed by atoms with Gasteiger partial charge in [0.2, 0.25) is 0 Å². The van der Waals surface area contributed by atoms with Crippen LogP contribution in [0.2, 0.25) is 0 Å². The molecule has 1 N–H and O–H groups in total. The fraction of sp³-hybridized carbons (Fsp3) is 0.812. The van der Waals surface area contributed by atoms with Gasteiger partial charge in [-0.05, 0) is 20.3 Å². The Labute approximate surface area is 129 Å². The van der Waals surface area contributed by atoms with Crippen molar-refractivity contribution in [1.82, 2.24) is 15.1 Å². The highest BCUT2D eigenvalue weighted by Crippen LogP contribution is 2.26. The fourth-order valence-electron chi connectivity index (χ4n) is 2.51. The van der Waals surface area contributed by atoms with E-state index in [4.69, 9.17) is 4.74 Å². The molecule has 0 aliphatic heterocycles. The van der Waals surface area contributed by atoms with Gasteiger partial charge in [0.05, 0.1) is 12.3 Å². The molecule has 5 nitrogen and oxygen atoms in total. The Hall–Kier alpha value is -1.07. The van der Waals surface area contributed by atoms with Gasteiger partial charge in [0, 0.05) is 44.9 Å². The molecule has 0 aliphatic carbocycles. The van der Waals surface area contributed by atoms with Gasteiger partial charge in [-0.25, -0.2) is 0 Å². The lowest BCUT2D eigenvalue weighted by Crippen LogP contribution is -2.38. The topological polar surface area (TPSA) is 42.3 Å². The van der Waals surface area contributed by atoms with Gasteiger partial charge < -0.3 is 15.0 Å². The smallest absolute Gasteiger partial charge is 0.131 e. The Morgan fingerprint density at radius 2 is 2.00 bits per heavy atom. The van der Waals surface area contributed by atoms with E-state index >= 15 is 0 Å². The van der Waals surface area contributed by atoms with Crippen LogP contribution < -0.4 is 10.2 Å². The molecule has 0 spiro atoms. The summed E-state index contributed by atoms with van der Waals surface area (Å²) in [6.07, 6.45) is 1.10. The first-order chi connectivity index (χ1) is 9.92. The summed E-state index contributed by atoms with van der Waals surface area (Å²) in [7, 11) is 3.79. The second-order valence-corrected chi connectivity index (χ2v) is 5.99. The number of anilines is 1. The predicted molar refractivity (Wildman–Crippen MR) is 88.9 cm³/mol. The minimum atomic E-state index is 0.466. The number of aromatic nitrogens is 2. The summed E-state index contributed by atoms with van der Waals surface area (Å²) in [6, 6.07) is 0.932. The Bertz CT molecular complexity index is 428. The zero-order chi connectivity index (χ0) is 16.0. The third kappa shape index (κ3) is 4.71. The van der Waals surface area contributed by atoms with Crippen LogP contribution in [0.5, 0.6) is 0 Å². The Morgan fingerprint density at radius 1 is 1.33 bits per heavy atom. The van der Waals surface area contributed by atoms with Crippen LogP contribution in [0.1, 0.15) is 45.4 Å². The molecule has 21 heavy (non-hydrogen) atoms. The summed E-state index contributed by atoms with van der Waals surface area (Å²) >= 11 is 0. The molecule has 1 heterocycles. The number of rotatable bonds is 9. The number of aryl methyl sites for hydroxylation is 2. The average Bonchev–Trinajstić information content (AvgIpc) is 2.71. The first-order valence-corrected chi connectivity index (χ1v) is 7.93. The number of nitrogens with one attached hydrogen (secondary N) is 1. The normalized spacial score (nSPS) is 13.0. The molecule has 0 saturated carbocycles. The van der Waals surface area contributed by atoms with Crippen LogP contribution in [-0.4, -0.2) is 42.1 Å². The monoisotopic (exact) mass is 296 g/mol. The summed E-state index contributed by atoms with van der Waals surface area (Å²) in [4.78, 5) is 2.42. The Morgan fingerprint density at radius 3 is 2.52 bits per heavy atom. The van der Waals surface area contributed by atoms with Crippen LogP contribution in [-0.2, 0) is 18.3 Å². The van der Waals surface area contributed by atoms with Crippen molar-refractivity contribution in [2.45, 2.75) is 59.7 Å². The van der Waals surface area contributed by atoms with Crippen molar-refractivity contribution in [1.29, 1.82) is 0 Å². The van der Waals surface area contributed by atoms with Gasteiger partial charge in [0.25, 0.3) is 0 Å². The van der Waals surface area contributed by atoms with Crippen LogP contribution >= 0.6 is 0 Å². The molecule has 1 aromatic heterocycles. The summed E-state index contributed by atoms with van der Waals surface area (Å²) in [5.41, 5.74) is 2.40. The van der Waals surface area contributed by atoms with E-state index in [1.807, 2.05) is 11.7 Å². The van der Waals surface area contributed by atoms with Crippen molar-refractivity contribution < 1.29 is 4.74 Å². The van der Waals surface area contributed by atoms with E-state index in [2.05, 4.69) is 49.9 Å². The van der Waals surface area contributed by atoms with Crippen LogP contribution in [0.25, 0.3) is 0 Å². The summed E-state index contributed by atoms with van der Waals surface area (Å²) < 4.78 is 7.29. The van der Waals surface area contributed by atoms with Crippen molar-refractivity contribution in [2.24, 2.45) is 7.05 Å². The molecule has 1 atom stereocenters. The second kappa shape index (κ2) is 8.39. The zero-order valence-electron chi connectivity index (χ0n) is 14.7. The largest absolute Gasteiger partial charge is 0.383 e. The molecule has 1 aromatic rings. The molecule has 1 rings (SSSR count). The highest BCUT2D eigenvalue weighted by molar-refractivity contribution is 5.51. The first-order valence-electron chi connectivity index (χ1n) is 7.93. The Balaban J connectivity index is 3.10. The van der Waals surface area contributed by atoms with Gasteiger partial charge in [-0.3, -0.25) is 4.68 Å². The molecular formula is C16H32N4O. The minimum absolute atomic E-state index is 0.466. The van der Waals surface area contributed by atoms with Gasteiger partial charge >= 0.3 is 0 Å². The summed E-state index contributed by atoms with van der Waals surface area (Å²) in [6.45, 7) is 13.4. The van der Waals surface area contributed by atoms with Gasteiger partial charge in [-0.2, -0.15) is 5.10 Å². The van der Waals surface area contributed by atoms with Crippen LogP contribution in [0, 0.1) is 6.92 Å². The quantitative estimate of drug-likeness (QED) is 0.760. The van der Waals surface area contributed by atoms with Crippen LogP contribution in [0.4, 0.5) is 5.82 Å². The fourth-order valence-corrected chi connectivity index (χ4v) is 2.51. The van der Waals surface area contributed by atoms with E-state index in [0.717, 1.165) is 31.8 Å². The molecule has 1 unspecified atom stereocenters. The molecule has 0 bridgehead atoms. The molecular weight excluding hydrogens is 264 g/mol. The first kappa shape index (κ1) is 18.0. The van der Waals surface area contributed by atoms with Crippen molar-refractivity contribution in [3.8, 4) is 0 Å². The molecule has 0 aliphatic rings. The molecule has 0 amide bonds. The van der Waals surface area contributed by atoms with E-state index in [0.29, 0.717) is 12.1 Å². The third-order valence-electron chi connectivity index (χ3n) is 3.93. The third-order valence-corrected chi connectivity index (χ3v) is 3.93. The highest BCUT2D eigenvalue weighted by Gasteiger charge is 2.22. The average molecular weight is 296 g/mol. The van der Waals surface area contributed by atoms with E-state index < -0.39 is 0 Å². The van der Waals surface area contributed by atoms with Crippen LogP contribution in [0.15, 0.2) is 0 Å². The molecule has 5 heteroatoms. The van der Waals surface area contributed by atoms with Gasteiger partial charge in [0.15, 0.2) is 0 Å². The number of nitrogens with zero attached hydrogens (tertiary/aromatic N) is 3. The lowest BCUT2D eigenvalue weighted by molar-refractivity contribution is 0.203. The standard InChI is InChI=1S/C16H32N4O/c1-8-13(4)20(9-10-21-7)16-15(11-17-12(2)3)14(5)18-19(16)6/h12-13,17H,8-11H2,1-7H3. The van der Waals surface area contributed by atoms with E-state index in [9.17, 15) is 0 Å². The van der Waals surface area contributed by atoms with Crippen molar-refractivity contribution in [2.75, 3.05) is 25.2 Å². The molecule has 0 aromatic carbocycles. The predicted octanol–water partition coefficient (Wildman–Crippen LogP) is 2.48. The lowest BCUT2D eigenvalue weighted by Gasteiger charge is -2.31. The summed E-state index contributed by atoms with van der Waals surface area (Å²) in [5, 5.41) is 8.14. The zero-order valence-corrected chi connectivity index (χ0v) is 14.7. The lowest BCUT2D eigenvalue weighted by atomic mass is 10.1. The number of methoxy groups -OCH3 is 1. The van der Waals surface area contributed by atoms with E-state index in [1.165, 1.54) is 11.4 Å². The molecule has 122 valence electrons. The summed E-state index contributed by atoms with van der Waals surface area (Å²) in [5.74, 6) is 1.21. The minimum Gasteiger partial charge on any atom is -0.383 e. The molecule has 0 radical (unpaired) electrons. The maximum Gasteiger partial charge on any atom is 0.131 e. The maximum atomic E-state index is 5.29. The van der Waals surface area contributed by atoms with Crippen molar-refractivity contribution in [3.63, 3.8) is 0 Å². The molecule has 0 saturated heterocycles. The van der Waals surface area contributed by atoms with Gasteiger partial charge in [-0.15, -0.1) is 0 Å². The van der Waals surface area contributed by atoms with E-state index in [-0.39, 0.29) is 0 Å². The maximum absolute atomic E-state index is 5.29. The molecule has 0 fully saturated rings. The second-order valence-electron chi connectivity index (χ2n) is 5.99. The number of hydrogen-bond acceptors (Lipinski definition) is 4. The van der Waals surface area contributed by atoms with E-state index in [1.54, 1.807) is 7.11 Å². The van der Waals surface area contributed by atoms with Gasteiger partial charge in [0.1, 0.15) is 5.82 Å². The van der Waals surface area contributed by atoms with Crippen LogP contribution in [0.3, 0.4) is 0 Å². The van der Waals surface area contributed by atoms with Crippen molar-refractivity contribution >= 4 is 5.82 Å². The SMILES string of the molecule is CCC(C)N(CCOC)c1c(CNC(C)C)c(C)nn1C. The number of ether oxygens (including phenoxy) is 1. The Kier molecular flexibility index (Phi) is 7.18. The number of hydrogen-bond donors (Lipinski definition) is 1.